The van der Waals surface area contributed by atoms with Crippen molar-refractivity contribution in [3.8, 4) is 0 Å². The van der Waals surface area contributed by atoms with E-state index in [1.807, 2.05) is 20.8 Å². The van der Waals surface area contributed by atoms with Gasteiger partial charge in [0.2, 0.25) is 0 Å². The van der Waals surface area contributed by atoms with Crippen LogP contribution < -0.4 is 5.32 Å². The minimum atomic E-state index is -0.874. The normalized spacial score (nSPS) is 28.9. The third kappa shape index (κ3) is 3.67. The lowest BCUT2D eigenvalue weighted by Gasteiger charge is -2.51. The van der Waals surface area contributed by atoms with Crippen LogP contribution in [0.15, 0.2) is 0 Å². The summed E-state index contributed by atoms with van der Waals surface area (Å²) in [5.41, 5.74) is -1.38. The second-order valence-electron chi connectivity index (χ2n) is 7.06. The number of hydrogen-bond donors (Lipinski definition) is 2. The quantitative estimate of drug-likeness (QED) is 0.817. The van der Waals surface area contributed by atoms with Gasteiger partial charge in [0.25, 0.3) is 0 Å². The van der Waals surface area contributed by atoms with E-state index in [9.17, 15) is 9.90 Å². The van der Waals surface area contributed by atoms with Crippen molar-refractivity contribution in [3.63, 3.8) is 0 Å². The van der Waals surface area contributed by atoms with E-state index in [0.29, 0.717) is 26.3 Å². The molecule has 0 aromatic rings. The van der Waals surface area contributed by atoms with Gasteiger partial charge in [0.15, 0.2) is 0 Å². The Morgan fingerprint density at radius 1 is 1.48 bits per heavy atom. The number of amides is 1. The van der Waals surface area contributed by atoms with Crippen molar-refractivity contribution in [2.45, 2.75) is 63.8 Å². The summed E-state index contributed by atoms with van der Waals surface area (Å²) in [7, 11) is 0. The van der Waals surface area contributed by atoms with Crippen LogP contribution in [0.25, 0.3) is 0 Å². The van der Waals surface area contributed by atoms with Gasteiger partial charge in [-0.1, -0.05) is 13.3 Å². The molecule has 0 aromatic heterocycles. The second kappa shape index (κ2) is 6.10. The molecule has 2 fully saturated rings. The van der Waals surface area contributed by atoms with Crippen LogP contribution in [0.2, 0.25) is 0 Å². The Bertz CT molecular complexity index is 376. The number of nitrogens with zero attached hydrogens (tertiary/aromatic N) is 1. The smallest absolute Gasteiger partial charge is 0.410 e. The van der Waals surface area contributed by atoms with Gasteiger partial charge in [-0.3, -0.25) is 0 Å². The number of carbonyl (C=O) groups is 1. The average molecular weight is 300 g/mol. The summed E-state index contributed by atoms with van der Waals surface area (Å²) in [5.74, 6) is 0. The minimum Gasteiger partial charge on any atom is -0.444 e. The third-order valence-corrected chi connectivity index (χ3v) is 4.00. The van der Waals surface area contributed by atoms with Crippen molar-refractivity contribution in [2.75, 3.05) is 26.3 Å². The average Bonchev–Trinajstić information content (AvgIpc) is 2.34. The molecule has 2 heterocycles. The number of carbonyl (C=O) groups excluding carboxylic acids is 1. The Balaban J connectivity index is 2.13. The highest BCUT2D eigenvalue weighted by Gasteiger charge is 2.51. The summed E-state index contributed by atoms with van der Waals surface area (Å²) in [5, 5.41) is 14.0. The first-order valence-electron chi connectivity index (χ1n) is 7.80. The van der Waals surface area contributed by atoms with E-state index in [4.69, 9.17) is 9.47 Å². The van der Waals surface area contributed by atoms with Gasteiger partial charge in [0.1, 0.15) is 11.2 Å². The summed E-state index contributed by atoms with van der Waals surface area (Å²) < 4.78 is 10.7. The Kier molecular flexibility index (Phi) is 4.80. The first-order chi connectivity index (χ1) is 9.77. The van der Waals surface area contributed by atoms with Crippen LogP contribution in [-0.2, 0) is 9.47 Å². The fraction of sp³-hybridized carbons (Fsp3) is 0.933. The highest BCUT2D eigenvalue weighted by molar-refractivity contribution is 5.69. The van der Waals surface area contributed by atoms with E-state index in [2.05, 4.69) is 12.2 Å². The van der Waals surface area contributed by atoms with E-state index in [1.54, 1.807) is 4.90 Å². The molecule has 0 saturated carbocycles. The topological polar surface area (TPSA) is 71.0 Å². The van der Waals surface area contributed by atoms with Gasteiger partial charge >= 0.3 is 6.09 Å². The van der Waals surface area contributed by atoms with Crippen LogP contribution in [0.1, 0.15) is 40.5 Å². The molecule has 0 aliphatic carbocycles. The summed E-state index contributed by atoms with van der Waals surface area (Å²) in [6, 6.07) is -0.222. The molecule has 2 saturated heterocycles. The van der Waals surface area contributed by atoms with Gasteiger partial charge in [-0.2, -0.15) is 0 Å². The fourth-order valence-electron chi connectivity index (χ4n) is 3.03. The maximum Gasteiger partial charge on any atom is 0.410 e. The molecule has 2 aliphatic rings. The van der Waals surface area contributed by atoms with Crippen molar-refractivity contribution in [2.24, 2.45) is 0 Å². The van der Waals surface area contributed by atoms with Gasteiger partial charge in [-0.25, -0.2) is 4.79 Å². The standard InChI is InChI=1S/C15H28N2O4/c1-5-6-11-12(15(19)9-20-10-15)16-7-8-17(11)13(18)21-14(2,3)4/h11-12,16,19H,5-10H2,1-4H3. The largest absolute Gasteiger partial charge is 0.444 e. The summed E-state index contributed by atoms with van der Waals surface area (Å²) >= 11 is 0. The van der Waals surface area contributed by atoms with Crippen molar-refractivity contribution in [1.82, 2.24) is 10.2 Å². The first-order valence-corrected chi connectivity index (χ1v) is 7.80. The van der Waals surface area contributed by atoms with Crippen LogP contribution in [0, 0.1) is 0 Å². The van der Waals surface area contributed by atoms with Gasteiger partial charge < -0.3 is 24.8 Å². The Labute approximate surface area is 126 Å². The summed E-state index contributed by atoms with van der Waals surface area (Å²) in [6.45, 7) is 9.60. The summed E-state index contributed by atoms with van der Waals surface area (Å²) in [6.07, 6.45) is 1.48. The van der Waals surface area contributed by atoms with Crippen LogP contribution in [-0.4, -0.2) is 65.7 Å². The lowest BCUT2D eigenvalue weighted by atomic mass is 9.83. The van der Waals surface area contributed by atoms with Gasteiger partial charge in [-0.05, 0) is 27.2 Å². The zero-order valence-electron chi connectivity index (χ0n) is 13.5. The molecule has 2 unspecified atom stereocenters. The third-order valence-electron chi connectivity index (χ3n) is 4.00. The van der Waals surface area contributed by atoms with E-state index in [-0.39, 0.29) is 18.2 Å². The molecule has 2 N–H and O–H groups in total. The Morgan fingerprint density at radius 2 is 2.14 bits per heavy atom. The van der Waals surface area contributed by atoms with E-state index < -0.39 is 11.2 Å². The summed E-state index contributed by atoms with van der Waals surface area (Å²) in [4.78, 5) is 14.2. The van der Waals surface area contributed by atoms with Crippen LogP contribution in [0.5, 0.6) is 0 Å². The number of aliphatic hydroxyl groups is 1. The van der Waals surface area contributed by atoms with Crippen molar-refractivity contribution < 1.29 is 19.4 Å². The lowest BCUT2D eigenvalue weighted by molar-refractivity contribution is -0.206. The molecule has 122 valence electrons. The molecule has 0 radical (unpaired) electrons. The molecule has 21 heavy (non-hydrogen) atoms. The lowest BCUT2D eigenvalue weighted by Crippen LogP contribution is -2.73. The fourth-order valence-corrected chi connectivity index (χ4v) is 3.03. The van der Waals surface area contributed by atoms with Gasteiger partial charge in [0.05, 0.1) is 25.3 Å². The number of rotatable bonds is 3. The van der Waals surface area contributed by atoms with Gasteiger partial charge in [0, 0.05) is 13.1 Å². The van der Waals surface area contributed by atoms with Gasteiger partial charge in [-0.15, -0.1) is 0 Å². The number of nitrogens with one attached hydrogen (secondary N) is 1. The van der Waals surface area contributed by atoms with Crippen molar-refractivity contribution in [1.29, 1.82) is 0 Å². The van der Waals surface area contributed by atoms with Crippen molar-refractivity contribution >= 4 is 6.09 Å². The maximum atomic E-state index is 12.4. The van der Waals surface area contributed by atoms with E-state index in [1.165, 1.54) is 0 Å². The zero-order valence-corrected chi connectivity index (χ0v) is 13.5. The van der Waals surface area contributed by atoms with E-state index >= 15 is 0 Å². The Hall–Kier alpha value is -0.850. The minimum absolute atomic E-state index is 0.0625. The number of piperazine rings is 1. The maximum absolute atomic E-state index is 12.4. The zero-order chi connectivity index (χ0) is 15.7. The molecule has 0 spiro atoms. The Morgan fingerprint density at radius 3 is 2.62 bits per heavy atom. The van der Waals surface area contributed by atoms with Crippen LogP contribution >= 0.6 is 0 Å². The SMILES string of the molecule is CCCC1C(C2(O)COC2)NCCN1C(=O)OC(C)(C)C. The van der Waals surface area contributed by atoms with E-state index in [0.717, 1.165) is 12.8 Å². The monoisotopic (exact) mass is 300 g/mol. The molecule has 6 heteroatoms. The molecular weight excluding hydrogens is 272 g/mol. The molecule has 2 atom stereocenters. The number of hydrogen-bond acceptors (Lipinski definition) is 5. The predicted octanol–water partition coefficient (Wildman–Crippen LogP) is 1.13. The van der Waals surface area contributed by atoms with Crippen LogP contribution in [0.4, 0.5) is 4.79 Å². The van der Waals surface area contributed by atoms with Crippen molar-refractivity contribution in [3.05, 3.63) is 0 Å². The molecule has 6 nitrogen and oxygen atoms in total. The first kappa shape index (κ1) is 16.5. The molecule has 2 rings (SSSR count). The molecule has 1 amide bonds. The highest BCUT2D eigenvalue weighted by Crippen LogP contribution is 2.30. The van der Waals surface area contributed by atoms with Crippen LogP contribution in [0.3, 0.4) is 0 Å². The second-order valence-corrected chi connectivity index (χ2v) is 7.06. The molecule has 0 aromatic carbocycles. The molecule has 0 bridgehead atoms. The molecular formula is C15H28N2O4. The molecule has 2 aliphatic heterocycles. The predicted molar refractivity (Wildman–Crippen MR) is 79.2 cm³/mol. The number of ether oxygens (including phenoxy) is 2. The highest BCUT2D eigenvalue weighted by atomic mass is 16.6.